The van der Waals surface area contributed by atoms with Crippen molar-refractivity contribution < 1.29 is 14.3 Å². The van der Waals surface area contributed by atoms with Crippen molar-refractivity contribution in [1.29, 1.82) is 5.26 Å². The van der Waals surface area contributed by atoms with Gasteiger partial charge in [0.2, 0.25) is 17.8 Å². The van der Waals surface area contributed by atoms with Crippen LogP contribution in [0.15, 0.2) is 77.7 Å². The number of hydrogen-bond acceptors (Lipinski definition) is 10. The Morgan fingerprint density at radius 3 is 2.43 bits per heavy atom. The number of amides is 2. The normalized spacial score (nSPS) is 18.4. The number of ether oxygens (including phenoxy) is 1. The number of fused-ring (bicyclic) bond motifs is 1. The molecular formula is C47H54ClN9O4. The number of para-hydroxylation sites is 1. The summed E-state index contributed by atoms with van der Waals surface area (Å²) < 4.78 is 9.37. The number of likely N-dealkylation sites (tertiary alicyclic amines) is 1. The van der Waals surface area contributed by atoms with Crippen LogP contribution in [-0.2, 0) is 35.2 Å². The Bertz CT molecular complexity index is 2510. The van der Waals surface area contributed by atoms with Crippen LogP contribution in [0.5, 0.6) is 5.75 Å². The number of imide groups is 1. The van der Waals surface area contributed by atoms with Gasteiger partial charge in [-0.2, -0.15) is 5.26 Å². The largest absolute Gasteiger partial charge is 0.487 e. The lowest BCUT2D eigenvalue weighted by Crippen LogP contribution is -2.46. The molecule has 3 aliphatic rings. The molecule has 1 N–H and O–H groups in total. The van der Waals surface area contributed by atoms with Crippen LogP contribution in [0.4, 0.5) is 5.95 Å². The van der Waals surface area contributed by atoms with Gasteiger partial charge >= 0.3 is 5.69 Å². The molecule has 0 aliphatic carbocycles. The molecule has 3 aliphatic heterocycles. The molecule has 1 atom stereocenters. The number of carbonyl (C=O) groups excluding carboxylic acids is 2. The van der Waals surface area contributed by atoms with Crippen LogP contribution in [-0.4, -0.2) is 86.5 Å². The lowest BCUT2D eigenvalue weighted by atomic mass is 9.78. The number of aromatic nitrogens is 4. The molecule has 318 valence electrons. The number of imidazole rings is 1. The lowest BCUT2D eigenvalue weighted by Gasteiger charge is -2.40. The number of piperidine rings is 3. The van der Waals surface area contributed by atoms with Gasteiger partial charge in [0.25, 0.3) is 0 Å². The van der Waals surface area contributed by atoms with Crippen LogP contribution in [0.25, 0.3) is 11.0 Å². The predicted molar refractivity (Wildman–Crippen MR) is 236 cm³/mol. The number of nitriles is 1. The number of benzene rings is 3. The van der Waals surface area contributed by atoms with Crippen LogP contribution >= 0.6 is 11.6 Å². The molecule has 0 bridgehead atoms. The van der Waals surface area contributed by atoms with E-state index in [2.05, 4.69) is 70.2 Å². The Morgan fingerprint density at radius 1 is 0.951 bits per heavy atom. The molecule has 61 heavy (non-hydrogen) atoms. The molecule has 0 saturated carbocycles. The van der Waals surface area contributed by atoms with Crippen LogP contribution in [0.2, 0.25) is 5.02 Å². The topological polar surface area (TPSA) is 142 Å². The molecule has 13 nitrogen and oxygen atoms in total. The Labute approximate surface area is 361 Å². The minimum atomic E-state index is -0.688. The SMILES string of the molecule is CN(CC1CCN(c2nccc(COc3ccc(C(C)(C)c4cc(Cl)cc(C#N)c4)cc3)n2)CC1)C1CCN(Cc2cccc3c2n(C)c(=O)n3C2CCC(=O)NC2=O)CC1. The summed E-state index contributed by atoms with van der Waals surface area (Å²) in [5.74, 6) is 1.41. The molecule has 0 spiro atoms. The van der Waals surface area contributed by atoms with Crippen molar-refractivity contribution in [2.75, 3.05) is 44.7 Å². The summed E-state index contributed by atoms with van der Waals surface area (Å²) in [7, 11) is 4.04. The van der Waals surface area contributed by atoms with Gasteiger partial charge < -0.3 is 14.5 Å². The number of nitrogens with zero attached hydrogens (tertiary/aromatic N) is 8. The molecule has 2 aromatic heterocycles. The second-order valence-corrected chi connectivity index (χ2v) is 17.9. The minimum Gasteiger partial charge on any atom is -0.487 e. The summed E-state index contributed by atoms with van der Waals surface area (Å²) in [4.78, 5) is 54.7. The van der Waals surface area contributed by atoms with Gasteiger partial charge in [0.05, 0.1) is 28.4 Å². The molecule has 3 saturated heterocycles. The smallest absolute Gasteiger partial charge is 0.329 e. The number of aryl methyl sites for hydroxylation is 1. The molecule has 3 fully saturated rings. The summed E-state index contributed by atoms with van der Waals surface area (Å²) in [5.41, 5.74) is 5.52. The summed E-state index contributed by atoms with van der Waals surface area (Å²) in [5, 5.41) is 12.4. The maximum atomic E-state index is 13.4. The fourth-order valence-electron chi connectivity index (χ4n) is 9.43. The molecule has 1 unspecified atom stereocenters. The monoisotopic (exact) mass is 843 g/mol. The van der Waals surface area contributed by atoms with E-state index in [1.54, 1.807) is 22.2 Å². The first-order valence-electron chi connectivity index (χ1n) is 21.3. The van der Waals surface area contributed by atoms with Crippen molar-refractivity contribution in [3.8, 4) is 11.8 Å². The van der Waals surface area contributed by atoms with E-state index in [0.29, 0.717) is 35.6 Å². The summed E-state index contributed by atoms with van der Waals surface area (Å²) in [6.07, 6.45) is 6.71. The molecule has 5 heterocycles. The molecule has 0 radical (unpaired) electrons. The van der Waals surface area contributed by atoms with E-state index in [0.717, 1.165) is 110 Å². The van der Waals surface area contributed by atoms with Gasteiger partial charge in [-0.3, -0.25) is 28.9 Å². The molecule has 3 aromatic carbocycles. The van der Waals surface area contributed by atoms with E-state index >= 15 is 0 Å². The zero-order valence-electron chi connectivity index (χ0n) is 35.4. The maximum Gasteiger partial charge on any atom is 0.329 e. The molecular weight excluding hydrogens is 790 g/mol. The second-order valence-electron chi connectivity index (χ2n) is 17.5. The molecule has 14 heteroatoms. The Kier molecular flexibility index (Phi) is 12.3. The lowest BCUT2D eigenvalue weighted by molar-refractivity contribution is -0.135. The first-order valence-corrected chi connectivity index (χ1v) is 21.7. The summed E-state index contributed by atoms with van der Waals surface area (Å²) in [6, 6.07) is 23.4. The molecule has 5 aromatic rings. The van der Waals surface area contributed by atoms with Gasteiger partial charge in [-0.25, -0.2) is 14.8 Å². The van der Waals surface area contributed by atoms with E-state index < -0.39 is 11.9 Å². The highest BCUT2D eigenvalue weighted by atomic mass is 35.5. The highest BCUT2D eigenvalue weighted by Gasteiger charge is 2.33. The number of nitrogens with one attached hydrogen (secondary N) is 1. The molecule has 8 rings (SSSR count). The fraction of sp³-hybridized carbons (Fsp3) is 0.447. The third kappa shape index (κ3) is 9.08. The van der Waals surface area contributed by atoms with Crippen LogP contribution in [0, 0.1) is 17.2 Å². The van der Waals surface area contributed by atoms with Crippen molar-refractivity contribution in [1.82, 2.24) is 34.2 Å². The maximum absolute atomic E-state index is 13.4. The first kappa shape index (κ1) is 42.2. The van der Waals surface area contributed by atoms with Gasteiger partial charge in [-0.05, 0) is 117 Å². The van der Waals surface area contributed by atoms with E-state index in [9.17, 15) is 19.6 Å². The average molecular weight is 844 g/mol. The van der Waals surface area contributed by atoms with Gasteiger partial charge in [0.1, 0.15) is 18.4 Å². The van der Waals surface area contributed by atoms with Crippen molar-refractivity contribution in [3.63, 3.8) is 0 Å². The standard InChI is InChI=1S/C47H54ClN9O4/c1-47(2,35-24-32(27-49)25-36(48)26-35)34-8-10-39(11-9-34)61-30-37-14-19-50-45(51-37)56-22-15-31(16-23-56)28-53(3)38-17-20-55(21-18-38)29-33-6-5-7-40-43(33)54(4)46(60)57(40)41-12-13-42(58)52-44(41)59/h5-11,14,19,24-26,31,38,41H,12-13,15-18,20-23,28-30H2,1-4H3,(H,52,58,59). The van der Waals surface area contributed by atoms with Gasteiger partial charge in [-0.15, -0.1) is 0 Å². The number of anilines is 1. The van der Waals surface area contributed by atoms with Crippen molar-refractivity contribution in [2.45, 2.75) is 83.0 Å². The highest BCUT2D eigenvalue weighted by molar-refractivity contribution is 6.30. The average Bonchev–Trinajstić information content (AvgIpc) is 3.52. The third-order valence-corrected chi connectivity index (χ3v) is 13.4. The number of hydrogen-bond donors (Lipinski definition) is 1. The van der Waals surface area contributed by atoms with E-state index in [1.807, 2.05) is 48.7 Å². The number of rotatable bonds is 12. The quantitative estimate of drug-likeness (QED) is 0.141. The highest BCUT2D eigenvalue weighted by Crippen LogP contribution is 2.35. The zero-order chi connectivity index (χ0) is 42.8. The third-order valence-electron chi connectivity index (χ3n) is 13.1. The van der Waals surface area contributed by atoms with Crippen molar-refractivity contribution in [3.05, 3.63) is 116 Å². The fourth-order valence-corrected chi connectivity index (χ4v) is 9.67. The predicted octanol–water partition coefficient (Wildman–Crippen LogP) is 6.35. The zero-order valence-corrected chi connectivity index (χ0v) is 36.2. The van der Waals surface area contributed by atoms with Gasteiger partial charge in [0, 0.05) is 62.3 Å². The van der Waals surface area contributed by atoms with E-state index in [4.69, 9.17) is 21.3 Å². The summed E-state index contributed by atoms with van der Waals surface area (Å²) in [6.45, 7) is 10.2. The Morgan fingerprint density at radius 2 is 1.70 bits per heavy atom. The van der Waals surface area contributed by atoms with E-state index in [1.165, 1.54) is 0 Å². The van der Waals surface area contributed by atoms with Crippen LogP contribution < -0.4 is 20.6 Å². The van der Waals surface area contributed by atoms with Crippen LogP contribution in [0.1, 0.15) is 86.4 Å². The number of halogens is 1. The Balaban J connectivity index is 0.797. The van der Waals surface area contributed by atoms with Gasteiger partial charge in [0.15, 0.2) is 0 Å². The van der Waals surface area contributed by atoms with Crippen LogP contribution in [0.3, 0.4) is 0 Å². The Hall–Kier alpha value is -5.55. The summed E-state index contributed by atoms with van der Waals surface area (Å²) >= 11 is 6.31. The first-order chi connectivity index (χ1) is 29.4. The van der Waals surface area contributed by atoms with Crippen molar-refractivity contribution >= 4 is 40.4 Å². The second kappa shape index (κ2) is 17.8. The minimum absolute atomic E-state index is 0.223. The van der Waals surface area contributed by atoms with Crippen molar-refractivity contribution in [2.24, 2.45) is 13.0 Å². The molecule has 2 amide bonds. The number of carbonyl (C=O) groups is 2. The van der Waals surface area contributed by atoms with E-state index in [-0.39, 0.29) is 23.4 Å². The van der Waals surface area contributed by atoms with Gasteiger partial charge in [-0.1, -0.05) is 49.7 Å².